The molecule has 1 aromatic carbocycles. The van der Waals surface area contributed by atoms with Crippen LogP contribution in [0.25, 0.3) is 0 Å². The molecule has 0 spiro atoms. The topological polar surface area (TPSA) is 101 Å². The Bertz CT molecular complexity index is 598. The summed E-state index contributed by atoms with van der Waals surface area (Å²) in [6, 6.07) is 8.43. The lowest BCUT2D eigenvalue weighted by molar-refractivity contribution is -0.141. The SMILES string of the molecule is CCC(NC(=O)CS(=O)(=O)CCCc1ccccc1)C(=O)O. The predicted molar refractivity (Wildman–Crippen MR) is 83.3 cm³/mol. The van der Waals surface area contributed by atoms with Crippen LogP contribution in [0.3, 0.4) is 0 Å². The molecule has 0 aliphatic rings. The molecule has 0 bridgehead atoms. The van der Waals surface area contributed by atoms with Crippen LogP contribution in [-0.2, 0) is 25.8 Å². The van der Waals surface area contributed by atoms with Gasteiger partial charge >= 0.3 is 5.97 Å². The predicted octanol–water partition coefficient (Wildman–Crippen LogP) is 1.01. The molecule has 2 N–H and O–H groups in total. The molecule has 0 saturated heterocycles. The summed E-state index contributed by atoms with van der Waals surface area (Å²) in [6.45, 7) is 1.60. The maximum Gasteiger partial charge on any atom is 0.326 e. The fourth-order valence-electron chi connectivity index (χ4n) is 1.99. The van der Waals surface area contributed by atoms with E-state index in [1.54, 1.807) is 6.92 Å². The molecule has 122 valence electrons. The van der Waals surface area contributed by atoms with E-state index in [0.717, 1.165) is 5.56 Å². The number of hydrogen-bond donors (Lipinski definition) is 2. The van der Waals surface area contributed by atoms with Crippen LogP contribution in [0.4, 0.5) is 0 Å². The summed E-state index contributed by atoms with van der Waals surface area (Å²) in [5.41, 5.74) is 1.04. The Labute approximate surface area is 130 Å². The Kier molecular flexibility index (Phi) is 7.04. The number of aliphatic carboxylic acids is 1. The van der Waals surface area contributed by atoms with Crippen LogP contribution in [0.1, 0.15) is 25.3 Å². The van der Waals surface area contributed by atoms with Gasteiger partial charge in [0.25, 0.3) is 0 Å². The first kappa shape index (κ1) is 18.2. The number of carbonyl (C=O) groups is 2. The molecule has 1 aromatic rings. The summed E-state index contributed by atoms with van der Waals surface area (Å²) >= 11 is 0. The molecule has 1 unspecified atom stereocenters. The van der Waals surface area contributed by atoms with Gasteiger partial charge in [-0.25, -0.2) is 13.2 Å². The zero-order chi connectivity index (χ0) is 16.6. The van der Waals surface area contributed by atoms with Gasteiger partial charge in [0.1, 0.15) is 11.8 Å². The van der Waals surface area contributed by atoms with E-state index in [4.69, 9.17) is 5.11 Å². The first-order valence-corrected chi connectivity index (χ1v) is 8.92. The standard InChI is InChI=1S/C15H21NO5S/c1-2-13(15(18)19)16-14(17)11-22(20,21)10-6-9-12-7-4-3-5-8-12/h3-5,7-8,13H,2,6,9-11H2,1H3,(H,16,17)(H,18,19). The summed E-state index contributed by atoms with van der Waals surface area (Å²) < 4.78 is 23.7. The van der Waals surface area contributed by atoms with Gasteiger partial charge in [-0.1, -0.05) is 37.3 Å². The van der Waals surface area contributed by atoms with Crippen LogP contribution in [0.15, 0.2) is 30.3 Å². The van der Waals surface area contributed by atoms with Crippen LogP contribution in [0.2, 0.25) is 0 Å². The van der Waals surface area contributed by atoms with Gasteiger partial charge in [0.15, 0.2) is 9.84 Å². The number of benzene rings is 1. The summed E-state index contributed by atoms with van der Waals surface area (Å²) in [7, 11) is -3.54. The van der Waals surface area contributed by atoms with Gasteiger partial charge in [-0.3, -0.25) is 4.79 Å². The first-order valence-electron chi connectivity index (χ1n) is 7.10. The molecular weight excluding hydrogens is 306 g/mol. The molecule has 1 atom stereocenters. The first-order chi connectivity index (χ1) is 10.3. The Morgan fingerprint density at radius 2 is 1.86 bits per heavy atom. The van der Waals surface area contributed by atoms with E-state index in [9.17, 15) is 18.0 Å². The van der Waals surface area contributed by atoms with Crippen molar-refractivity contribution in [3.8, 4) is 0 Å². The number of hydrogen-bond acceptors (Lipinski definition) is 4. The minimum Gasteiger partial charge on any atom is -0.480 e. The number of rotatable bonds is 9. The van der Waals surface area contributed by atoms with Crippen molar-refractivity contribution in [2.75, 3.05) is 11.5 Å². The molecule has 7 heteroatoms. The lowest BCUT2D eigenvalue weighted by atomic mass is 10.1. The average molecular weight is 327 g/mol. The summed E-state index contributed by atoms with van der Waals surface area (Å²) in [5, 5.41) is 11.0. The molecule has 6 nitrogen and oxygen atoms in total. The van der Waals surface area contributed by atoms with E-state index in [1.165, 1.54) is 0 Å². The van der Waals surface area contributed by atoms with E-state index in [0.29, 0.717) is 12.8 Å². The second kappa shape index (κ2) is 8.53. The van der Waals surface area contributed by atoms with Gasteiger partial charge in [0, 0.05) is 0 Å². The normalized spacial score (nSPS) is 12.6. The molecule has 22 heavy (non-hydrogen) atoms. The number of nitrogens with one attached hydrogen (secondary N) is 1. The van der Waals surface area contributed by atoms with Crippen LogP contribution in [0, 0.1) is 0 Å². The minimum absolute atomic E-state index is 0.0980. The smallest absolute Gasteiger partial charge is 0.326 e. The maximum absolute atomic E-state index is 11.9. The lowest BCUT2D eigenvalue weighted by Gasteiger charge is -2.12. The number of carboxylic acid groups (broad SMARTS) is 1. The third-order valence-electron chi connectivity index (χ3n) is 3.16. The molecule has 0 aliphatic carbocycles. The van der Waals surface area contributed by atoms with Crippen molar-refractivity contribution >= 4 is 21.7 Å². The summed E-state index contributed by atoms with van der Waals surface area (Å²) in [6.07, 6.45) is 1.25. The monoisotopic (exact) mass is 327 g/mol. The summed E-state index contributed by atoms with van der Waals surface area (Å²) in [4.78, 5) is 22.4. The maximum atomic E-state index is 11.9. The molecular formula is C15H21NO5S. The van der Waals surface area contributed by atoms with Crippen LogP contribution in [-0.4, -0.2) is 42.9 Å². The van der Waals surface area contributed by atoms with Gasteiger partial charge in [-0.05, 0) is 24.8 Å². The molecule has 0 heterocycles. The second-order valence-electron chi connectivity index (χ2n) is 5.05. The minimum atomic E-state index is -3.54. The summed E-state index contributed by atoms with van der Waals surface area (Å²) in [5.74, 6) is -2.71. The number of carboxylic acids is 1. The molecule has 0 radical (unpaired) electrons. The van der Waals surface area contributed by atoms with Crippen molar-refractivity contribution in [1.29, 1.82) is 0 Å². The fraction of sp³-hybridized carbons (Fsp3) is 0.467. The van der Waals surface area contributed by atoms with E-state index in [1.807, 2.05) is 30.3 Å². The highest BCUT2D eigenvalue weighted by Crippen LogP contribution is 2.05. The van der Waals surface area contributed by atoms with E-state index < -0.39 is 33.5 Å². The fourth-order valence-corrected chi connectivity index (χ4v) is 3.20. The Morgan fingerprint density at radius 1 is 1.23 bits per heavy atom. The number of amides is 1. The third kappa shape index (κ3) is 6.71. The lowest BCUT2D eigenvalue weighted by Crippen LogP contribution is -2.43. The van der Waals surface area contributed by atoms with Gasteiger partial charge < -0.3 is 10.4 Å². The van der Waals surface area contributed by atoms with E-state index in [-0.39, 0.29) is 12.2 Å². The number of aryl methyl sites for hydroxylation is 1. The van der Waals surface area contributed by atoms with Gasteiger partial charge in [0.2, 0.25) is 5.91 Å². The zero-order valence-corrected chi connectivity index (χ0v) is 13.3. The third-order valence-corrected chi connectivity index (χ3v) is 4.77. The molecule has 0 fully saturated rings. The molecule has 1 rings (SSSR count). The highest BCUT2D eigenvalue weighted by molar-refractivity contribution is 7.92. The zero-order valence-electron chi connectivity index (χ0n) is 12.5. The van der Waals surface area contributed by atoms with E-state index in [2.05, 4.69) is 5.32 Å². The largest absolute Gasteiger partial charge is 0.480 e. The molecule has 0 saturated carbocycles. The Hall–Kier alpha value is -1.89. The highest BCUT2D eigenvalue weighted by Gasteiger charge is 2.22. The highest BCUT2D eigenvalue weighted by atomic mass is 32.2. The van der Waals surface area contributed by atoms with Crippen molar-refractivity contribution in [2.24, 2.45) is 0 Å². The number of carbonyl (C=O) groups excluding carboxylic acids is 1. The quantitative estimate of drug-likeness (QED) is 0.705. The van der Waals surface area contributed by atoms with Crippen LogP contribution in [0.5, 0.6) is 0 Å². The molecule has 1 amide bonds. The van der Waals surface area contributed by atoms with Crippen molar-refractivity contribution < 1.29 is 23.1 Å². The van der Waals surface area contributed by atoms with Gasteiger partial charge in [0.05, 0.1) is 5.75 Å². The van der Waals surface area contributed by atoms with Crippen molar-refractivity contribution in [2.45, 2.75) is 32.2 Å². The van der Waals surface area contributed by atoms with Gasteiger partial charge in [-0.2, -0.15) is 0 Å². The Morgan fingerprint density at radius 3 is 2.41 bits per heavy atom. The van der Waals surface area contributed by atoms with Crippen LogP contribution < -0.4 is 5.32 Å². The van der Waals surface area contributed by atoms with Crippen molar-refractivity contribution in [3.63, 3.8) is 0 Å². The molecule has 0 aromatic heterocycles. The molecule has 0 aliphatic heterocycles. The van der Waals surface area contributed by atoms with Gasteiger partial charge in [-0.15, -0.1) is 0 Å². The second-order valence-corrected chi connectivity index (χ2v) is 7.23. The van der Waals surface area contributed by atoms with E-state index >= 15 is 0 Å². The van der Waals surface area contributed by atoms with Crippen molar-refractivity contribution in [3.05, 3.63) is 35.9 Å². The van der Waals surface area contributed by atoms with Crippen LogP contribution >= 0.6 is 0 Å². The number of sulfone groups is 1. The average Bonchev–Trinajstić information content (AvgIpc) is 2.44. The van der Waals surface area contributed by atoms with Crippen molar-refractivity contribution in [1.82, 2.24) is 5.32 Å². The Balaban J connectivity index is 2.43.